The van der Waals surface area contributed by atoms with Crippen LogP contribution in [0.15, 0.2) is 52.6 Å². The molecule has 0 spiro atoms. The van der Waals surface area contributed by atoms with Crippen LogP contribution in [-0.2, 0) is 4.79 Å². The van der Waals surface area contributed by atoms with Crippen LogP contribution in [0.5, 0.6) is 0 Å². The van der Waals surface area contributed by atoms with E-state index in [0.29, 0.717) is 11.3 Å². The molecule has 3 rings (SSSR count). The Morgan fingerprint density at radius 1 is 1.21 bits per heavy atom. The lowest BCUT2D eigenvalue weighted by atomic mass is 10.0. The van der Waals surface area contributed by atoms with Gasteiger partial charge in [-0.3, -0.25) is 4.79 Å². The van der Waals surface area contributed by atoms with Gasteiger partial charge in [-0.1, -0.05) is 29.3 Å². The van der Waals surface area contributed by atoms with Crippen molar-refractivity contribution in [2.75, 3.05) is 16.4 Å². The number of nitrogen functional groups attached to an aromatic ring is 1. The molecule has 0 bridgehead atoms. The number of benzene rings is 2. The largest absolute Gasteiger partial charge is 0.399 e. The monoisotopic (exact) mass is 385 g/mol. The fourth-order valence-corrected chi connectivity index (χ4v) is 3.06. The number of anilines is 3. The lowest BCUT2D eigenvalue weighted by Gasteiger charge is -2.14. The molecule has 0 saturated heterocycles. The summed E-state index contributed by atoms with van der Waals surface area (Å²) >= 11 is 3.44. The fraction of sp³-hybridized carbons (Fsp3) is 0.211. The van der Waals surface area contributed by atoms with Gasteiger partial charge in [-0.15, -0.1) is 0 Å². The fourth-order valence-electron chi connectivity index (χ4n) is 2.80. The SMILES string of the molecule is CCCCC(Nc1ccc(Br)cc1)=C1C(=O)Nc2ccc(N)cc21. The van der Waals surface area contributed by atoms with Crippen molar-refractivity contribution in [3.8, 4) is 0 Å². The van der Waals surface area contributed by atoms with Crippen molar-refractivity contribution in [2.45, 2.75) is 26.2 Å². The minimum Gasteiger partial charge on any atom is -0.399 e. The zero-order valence-electron chi connectivity index (χ0n) is 13.5. The van der Waals surface area contributed by atoms with E-state index in [9.17, 15) is 4.79 Å². The molecule has 0 aliphatic carbocycles. The average Bonchev–Trinajstić information content (AvgIpc) is 2.88. The molecule has 0 fully saturated rings. The van der Waals surface area contributed by atoms with E-state index in [2.05, 4.69) is 33.5 Å². The molecule has 0 saturated carbocycles. The van der Waals surface area contributed by atoms with Gasteiger partial charge in [0.15, 0.2) is 0 Å². The number of halogens is 1. The Kier molecular flexibility index (Phi) is 4.90. The first-order valence-electron chi connectivity index (χ1n) is 8.05. The molecule has 1 amide bonds. The first-order valence-corrected chi connectivity index (χ1v) is 8.84. The summed E-state index contributed by atoms with van der Waals surface area (Å²) in [4.78, 5) is 12.5. The predicted octanol–water partition coefficient (Wildman–Crippen LogP) is 5.00. The molecule has 124 valence electrons. The summed E-state index contributed by atoms with van der Waals surface area (Å²) in [6.45, 7) is 2.14. The van der Waals surface area contributed by atoms with Gasteiger partial charge in [0.2, 0.25) is 0 Å². The van der Waals surface area contributed by atoms with E-state index in [0.717, 1.165) is 46.4 Å². The maximum atomic E-state index is 12.5. The lowest BCUT2D eigenvalue weighted by molar-refractivity contribution is -0.110. The molecule has 2 aromatic carbocycles. The quantitative estimate of drug-likeness (QED) is 0.501. The maximum absolute atomic E-state index is 12.5. The molecular formula is C19H20BrN3O. The molecule has 1 heterocycles. The van der Waals surface area contributed by atoms with Crippen LogP contribution in [0.4, 0.5) is 17.1 Å². The van der Waals surface area contributed by atoms with Crippen LogP contribution in [0.25, 0.3) is 5.57 Å². The van der Waals surface area contributed by atoms with E-state index in [1.165, 1.54) is 0 Å². The molecule has 2 aromatic rings. The van der Waals surface area contributed by atoms with Gasteiger partial charge < -0.3 is 16.4 Å². The Hall–Kier alpha value is -2.27. The van der Waals surface area contributed by atoms with Gasteiger partial charge in [0.25, 0.3) is 5.91 Å². The first kappa shape index (κ1) is 16.6. The summed E-state index contributed by atoms with van der Waals surface area (Å²) in [6, 6.07) is 13.4. The van der Waals surface area contributed by atoms with Crippen LogP contribution in [0.1, 0.15) is 31.7 Å². The van der Waals surface area contributed by atoms with Crippen molar-refractivity contribution in [2.24, 2.45) is 0 Å². The second-order valence-electron chi connectivity index (χ2n) is 5.85. The van der Waals surface area contributed by atoms with Crippen molar-refractivity contribution in [3.63, 3.8) is 0 Å². The highest BCUT2D eigenvalue weighted by Gasteiger charge is 2.27. The standard InChI is InChI=1S/C19H20BrN3O/c1-2-3-4-17(22-14-8-5-12(20)6-9-14)18-15-11-13(21)7-10-16(15)23-19(18)24/h5-11,22H,2-4,21H2,1H3,(H,23,24). The number of fused-ring (bicyclic) bond motifs is 1. The van der Waals surface area contributed by atoms with Crippen LogP contribution in [0.2, 0.25) is 0 Å². The maximum Gasteiger partial charge on any atom is 0.258 e. The van der Waals surface area contributed by atoms with Gasteiger partial charge in [0.1, 0.15) is 0 Å². The van der Waals surface area contributed by atoms with Crippen LogP contribution in [0.3, 0.4) is 0 Å². The third-order valence-electron chi connectivity index (χ3n) is 4.01. The summed E-state index contributed by atoms with van der Waals surface area (Å²) in [7, 11) is 0. The molecule has 1 aliphatic rings. The molecule has 0 radical (unpaired) electrons. The van der Waals surface area contributed by atoms with Crippen molar-refractivity contribution in [1.29, 1.82) is 0 Å². The minimum atomic E-state index is -0.0775. The van der Waals surface area contributed by atoms with Crippen LogP contribution >= 0.6 is 15.9 Å². The number of hydrogen-bond acceptors (Lipinski definition) is 3. The number of nitrogens with one attached hydrogen (secondary N) is 2. The van der Waals surface area contributed by atoms with Gasteiger partial charge in [0, 0.05) is 32.8 Å². The van der Waals surface area contributed by atoms with Crippen molar-refractivity contribution in [1.82, 2.24) is 0 Å². The highest BCUT2D eigenvalue weighted by molar-refractivity contribution is 9.10. The number of carbonyl (C=O) groups is 1. The molecule has 24 heavy (non-hydrogen) atoms. The van der Waals surface area contributed by atoms with Crippen LogP contribution in [-0.4, -0.2) is 5.91 Å². The zero-order valence-corrected chi connectivity index (χ0v) is 15.1. The number of carbonyl (C=O) groups excluding carboxylic acids is 1. The molecular weight excluding hydrogens is 366 g/mol. The summed E-state index contributed by atoms with van der Waals surface area (Å²) in [5.74, 6) is -0.0775. The molecule has 0 unspecified atom stereocenters. The molecule has 5 heteroatoms. The number of allylic oxidation sites excluding steroid dienone is 1. The predicted molar refractivity (Wildman–Crippen MR) is 104 cm³/mol. The highest BCUT2D eigenvalue weighted by Crippen LogP contribution is 2.36. The van der Waals surface area contributed by atoms with Crippen LogP contribution < -0.4 is 16.4 Å². The Bertz CT molecular complexity index is 797. The number of amides is 1. The normalized spacial score (nSPS) is 15.0. The topological polar surface area (TPSA) is 67.2 Å². The summed E-state index contributed by atoms with van der Waals surface area (Å²) in [5.41, 5.74) is 10.8. The second kappa shape index (κ2) is 7.09. The third kappa shape index (κ3) is 3.46. The molecule has 4 nitrogen and oxygen atoms in total. The molecule has 1 aliphatic heterocycles. The number of rotatable bonds is 5. The van der Waals surface area contributed by atoms with E-state index in [4.69, 9.17) is 5.73 Å². The molecule has 0 aromatic heterocycles. The van der Waals surface area contributed by atoms with E-state index in [1.807, 2.05) is 36.4 Å². The third-order valence-corrected chi connectivity index (χ3v) is 4.54. The Balaban J connectivity index is 2.04. The first-order chi connectivity index (χ1) is 11.6. The van der Waals surface area contributed by atoms with E-state index in [-0.39, 0.29) is 5.91 Å². The zero-order chi connectivity index (χ0) is 17.1. The number of hydrogen-bond donors (Lipinski definition) is 3. The van der Waals surface area contributed by atoms with Crippen molar-refractivity contribution >= 4 is 44.5 Å². The Morgan fingerprint density at radius 2 is 1.96 bits per heavy atom. The van der Waals surface area contributed by atoms with Gasteiger partial charge in [0.05, 0.1) is 5.57 Å². The second-order valence-corrected chi connectivity index (χ2v) is 6.76. The average molecular weight is 386 g/mol. The number of nitrogens with two attached hydrogens (primary N) is 1. The highest BCUT2D eigenvalue weighted by atomic mass is 79.9. The molecule has 0 atom stereocenters. The number of unbranched alkanes of at least 4 members (excludes halogenated alkanes) is 1. The van der Waals surface area contributed by atoms with Gasteiger partial charge in [-0.25, -0.2) is 0 Å². The van der Waals surface area contributed by atoms with Crippen molar-refractivity contribution < 1.29 is 4.79 Å². The summed E-state index contributed by atoms with van der Waals surface area (Å²) < 4.78 is 1.02. The smallest absolute Gasteiger partial charge is 0.258 e. The Labute approximate surface area is 150 Å². The van der Waals surface area contributed by atoms with Gasteiger partial charge >= 0.3 is 0 Å². The van der Waals surface area contributed by atoms with Crippen molar-refractivity contribution in [3.05, 3.63) is 58.2 Å². The van der Waals surface area contributed by atoms with E-state index >= 15 is 0 Å². The van der Waals surface area contributed by atoms with Gasteiger partial charge in [-0.05, 0) is 55.3 Å². The van der Waals surface area contributed by atoms with Crippen LogP contribution in [0, 0.1) is 0 Å². The Morgan fingerprint density at radius 3 is 2.67 bits per heavy atom. The van der Waals surface area contributed by atoms with E-state index in [1.54, 1.807) is 6.07 Å². The summed E-state index contributed by atoms with van der Waals surface area (Å²) in [6.07, 6.45) is 2.88. The van der Waals surface area contributed by atoms with Gasteiger partial charge in [-0.2, -0.15) is 0 Å². The van der Waals surface area contributed by atoms with E-state index < -0.39 is 0 Å². The molecule has 4 N–H and O–H groups in total. The minimum absolute atomic E-state index is 0.0775. The lowest BCUT2D eigenvalue weighted by Crippen LogP contribution is -2.10. The summed E-state index contributed by atoms with van der Waals surface area (Å²) in [5, 5.41) is 6.36.